The third-order valence-electron chi connectivity index (χ3n) is 4.20. The first-order valence-electron chi connectivity index (χ1n) is 8.66. The first-order valence-corrected chi connectivity index (χ1v) is 9.03. The zero-order valence-corrected chi connectivity index (χ0v) is 17.0. The molecule has 0 saturated heterocycles. The van der Waals surface area contributed by atoms with E-state index < -0.39 is 10.9 Å². The van der Waals surface area contributed by atoms with Gasteiger partial charge in [0.15, 0.2) is 0 Å². The fourth-order valence-corrected chi connectivity index (χ4v) is 3.54. The van der Waals surface area contributed by atoms with E-state index in [2.05, 4.69) is 34.6 Å². The monoisotopic (exact) mass is 389 g/mol. The van der Waals surface area contributed by atoms with Gasteiger partial charge < -0.3 is 4.74 Å². The van der Waals surface area contributed by atoms with E-state index in [1.54, 1.807) is 12.1 Å². The molecule has 0 aliphatic carbocycles. The first-order chi connectivity index (χ1) is 12.4. The maximum absolute atomic E-state index is 12.3. The fraction of sp³-hybridized carbons (Fsp3) is 0.381. The zero-order valence-electron chi connectivity index (χ0n) is 16.2. The average Bonchev–Trinajstić information content (AvgIpc) is 2.53. The number of benzene rings is 2. The number of ether oxygens (including phenoxy) is 1. The number of carbonyl (C=O) groups is 1. The largest absolute Gasteiger partial charge is 0.423 e. The van der Waals surface area contributed by atoms with Crippen molar-refractivity contribution in [3.05, 3.63) is 68.7 Å². The highest BCUT2D eigenvalue weighted by Gasteiger charge is 2.27. The second-order valence-electron chi connectivity index (χ2n) is 8.46. The zero-order chi connectivity index (χ0) is 20.4. The molecule has 5 nitrogen and oxygen atoms in total. The molecule has 0 bridgehead atoms. The van der Waals surface area contributed by atoms with Crippen LogP contribution in [0, 0.1) is 15.5 Å². The molecular weight excluding hydrogens is 366 g/mol. The number of nitro groups is 1. The van der Waals surface area contributed by atoms with Gasteiger partial charge in [0, 0.05) is 12.1 Å². The molecule has 0 atom stereocenters. The lowest BCUT2D eigenvalue weighted by Gasteiger charge is -2.33. The van der Waals surface area contributed by atoms with E-state index in [0.717, 1.165) is 18.1 Å². The second-order valence-corrected chi connectivity index (χ2v) is 8.86. The highest BCUT2D eigenvalue weighted by Crippen LogP contribution is 2.36. The Bertz CT molecular complexity index is 851. The third kappa shape index (κ3) is 5.54. The molecule has 2 aromatic rings. The van der Waals surface area contributed by atoms with Gasteiger partial charge in [-0.1, -0.05) is 58.4 Å². The van der Waals surface area contributed by atoms with Crippen LogP contribution in [0.2, 0.25) is 5.02 Å². The van der Waals surface area contributed by atoms with Crippen molar-refractivity contribution in [3.63, 3.8) is 0 Å². The van der Waals surface area contributed by atoms with Crippen LogP contribution in [0.3, 0.4) is 0 Å². The molecule has 6 heteroatoms. The van der Waals surface area contributed by atoms with Crippen molar-refractivity contribution < 1.29 is 14.5 Å². The molecule has 0 spiro atoms. The Kier molecular flexibility index (Phi) is 5.95. The van der Waals surface area contributed by atoms with E-state index in [0.29, 0.717) is 5.75 Å². The summed E-state index contributed by atoms with van der Waals surface area (Å²) in [4.78, 5) is 22.7. The van der Waals surface area contributed by atoms with Crippen LogP contribution >= 0.6 is 11.6 Å². The molecule has 0 saturated carbocycles. The van der Waals surface area contributed by atoms with Gasteiger partial charge in [-0.15, -0.1) is 0 Å². The lowest BCUT2D eigenvalue weighted by molar-refractivity contribution is -0.384. The first kappa shape index (κ1) is 20.9. The summed E-state index contributed by atoms with van der Waals surface area (Å²) < 4.78 is 5.34. The Balaban J connectivity index is 2.18. The van der Waals surface area contributed by atoms with Gasteiger partial charge >= 0.3 is 5.97 Å². The summed E-state index contributed by atoms with van der Waals surface area (Å²) in [5.74, 6) is -0.372. The lowest BCUT2D eigenvalue weighted by atomic mass is 9.72. The Labute approximate surface area is 164 Å². The number of carbonyl (C=O) groups excluding carboxylic acids is 1. The van der Waals surface area contributed by atoms with E-state index >= 15 is 0 Å². The summed E-state index contributed by atoms with van der Waals surface area (Å²) in [6, 6.07) is 11.0. The summed E-state index contributed by atoms with van der Waals surface area (Å²) >= 11 is 5.99. The van der Waals surface area contributed by atoms with Gasteiger partial charge in [0.05, 0.1) is 15.5 Å². The smallest absolute Gasteiger partial charge is 0.345 e. The van der Waals surface area contributed by atoms with Crippen molar-refractivity contribution >= 4 is 23.3 Å². The predicted molar refractivity (Wildman–Crippen MR) is 107 cm³/mol. The topological polar surface area (TPSA) is 69.4 Å². The number of hydrogen-bond acceptors (Lipinski definition) is 4. The molecule has 27 heavy (non-hydrogen) atoms. The van der Waals surface area contributed by atoms with Crippen molar-refractivity contribution in [2.75, 3.05) is 0 Å². The molecule has 0 aromatic heterocycles. The van der Waals surface area contributed by atoms with Crippen molar-refractivity contribution in [2.24, 2.45) is 5.41 Å². The number of nitro benzene ring substituents is 1. The van der Waals surface area contributed by atoms with E-state index in [1.807, 2.05) is 12.1 Å². The Morgan fingerprint density at radius 3 is 2.19 bits per heavy atom. The molecule has 0 fully saturated rings. The quantitative estimate of drug-likeness (QED) is 0.265. The van der Waals surface area contributed by atoms with Gasteiger partial charge in [-0.05, 0) is 41.0 Å². The molecule has 0 heterocycles. The Morgan fingerprint density at radius 1 is 1.07 bits per heavy atom. The van der Waals surface area contributed by atoms with Gasteiger partial charge in [-0.25, -0.2) is 4.79 Å². The van der Waals surface area contributed by atoms with Gasteiger partial charge in [-0.2, -0.15) is 0 Å². The summed E-state index contributed by atoms with van der Waals surface area (Å²) in [5, 5.41) is 11.0. The fourth-order valence-electron chi connectivity index (χ4n) is 3.35. The number of rotatable bonds is 5. The van der Waals surface area contributed by atoms with E-state index in [-0.39, 0.29) is 27.1 Å². The molecule has 2 rings (SSSR count). The SMILES string of the molecule is CC(C)(C)CC(C)(C)c1ccc(OC(=O)c2cc([N+](=O)[O-])ccc2Cl)cc1. The molecule has 0 radical (unpaired) electrons. The molecule has 144 valence electrons. The van der Waals surface area contributed by atoms with Gasteiger partial charge in [-0.3, -0.25) is 10.1 Å². The summed E-state index contributed by atoms with van der Waals surface area (Å²) in [5.41, 5.74) is 1.05. The number of esters is 1. The number of halogens is 1. The molecule has 2 aromatic carbocycles. The maximum Gasteiger partial charge on any atom is 0.345 e. The highest BCUT2D eigenvalue weighted by molar-refractivity contribution is 6.33. The van der Waals surface area contributed by atoms with Crippen LogP contribution in [0.4, 0.5) is 5.69 Å². The van der Waals surface area contributed by atoms with Crippen LogP contribution in [-0.2, 0) is 5.41 Å². The van der Waals surface area contributed by atoms with Crippen LogP contribution in [0.1, 0.15) is 57.0 Å². The number of hydrogen-bond donors (Lipinski definition) is 0. The minimum Gasteiger partial charge on any atom is -0.423 e. The number of nitrogens with zero attached hydrogens (tertiary/aromatic N) is 1. The van der Waals surface area contributed by atoms with Crippen LogP contribution in [-0.4, -0.2) is 10.9 Å². The standard InChI is InChI=1S/C21H24ClNO4/c1-20(2,3)13-21(4,5)14-6-9-16(10-7-14)27-19(24)17-12-15(23(25)26)8-11-18(17)22/h6-12H,13H2,1-5H3. The van der Waals surface area contributed by atoms with E-state index in [9.17, 15) is 14.9 Å². The average molecular weight is 390 g/mol. The van der Waals surface area contributed by atoms with Crippen molar-refractivity contribution in [3.8, 4) is 5.75 Å². The molecular formula is C21H24ClNO4. The van der Waals surface area contributed by atoms with E-state index in [4.69, 9.17) is 16.3 Å². The third-order valence-corrected chi connectivity index (χ3v) is 4.53. The summed E-state index contributed by atoms with van der Waals surface area (Å²) in [6.45, 7) is 11.0. The van der Waals surface area contributed by atoms with Crippen LogP contribution in [0.25, 0.3) is 0 Å². The maximum atomic E-state index is 12.3. The minimum atomic E-state index is -0.731. The Morgan fingerprint density at radius 2 is 1.67 bits per heavy atom. The molecule has 0 aliphatic rings. The van der Waals surface area contributed by atoms with Gasteiger partial charge in [0.1, 0.15) is 5.75 Å². The number of non-ortho nitro benzene ring substituents is 1. The van der Waals surface area contributed by atoms with E-state index in [1.165, 1.54) is 12.1 Å². The predicted octanol–water partition coefficient (Wildman–Crippen LogP) is 6.18. The summed E-state index contributed by atoms with van der Waals surface area (Å²) in [6.07, 6.45) is 1.00. The second kappa shape index (κ2) is 7.69. The van der Waals surface area contributed by atoms with Gasteiger partial charge in [0.2, 0.25) is 0 Å². The minimum absolute atomic E-state index is 0.0237. The molecule has 0 N–H and O–H groups in total. The molecule has 0 aliphatic heterocycles. The normalized spacial score (nSPS) is 11.9. The Hall–Kier alpha value is -2.40. The van der Waals surface area contributed by atoms with Crippen LogP contribution in [0.15, 0.2) is 42.5 Å². The van der Waals surface area contributed by atoms with Crippen molar-refractivity contribution in [2.45, 2.75) is 46.5 Å². The highest BCUT2D eigenvalue weighted by atomic mass is 35.5. The van der Waals surface area contributed by atoms with Gasteiger partial charge in [0.25, 0.3) is 5.69 Å². The van der Waals surface area contributed by atoms with Crippen LogP contribution < -0.4 is 4.74 Å². The molecule has 0 amide bonds. The molecule has 0 unspecified atom stereocenters. The summed E-state index contributed by atoms with van der Waals surface area (Å²) in [7, 11) is 0. The van der Waals surface area contributed by atoms with Crippen LogP contribution in [0.5, 0.6) is 5.75 Å². The lowest BCUT2D eigenvalue weighted by Crippen LogP contribution is -2.24. The van der Waals surface area contributed by atoms with Crippen molar-refractivity contribution in [1.29, 1.82) is 0 Å². The van der Waals surface area contributed by atoms with Crippen molar-refractivity contribution in [1.82, 2.24) is 0 Å².